The van der Waals surface area contributed by atoms with Crippen molar-refractivity contribution in [2.45, 2.75) is 73.1 Å². The van der Waals surface area contributed by atoms with Gasteiger partial charge in [0.1, 0.15) is 17.7 Å². The van der Waals surface area contributed by atoms with Crippen LogP contribution in [0, 0.1) is 40.2 Å². The number of carbonyl (C=O) groups excluding carboxylic acids is 3. The maximum absolute atomic E-state index is 13.7. The number of para-hydroxylation sites is 1. The summed E-state index contributed by atoms with van der Waals surface area (Å²) in [4.78, 5) is 40.4. The SMILES string of the molecule is C#CN(C(=O)C(C)NC(=O)OC(C)(C)C)C(C(=O)Nc1c(C)cccc1C)c1cc(C)ccc1C. The number of hydrogen-bond acceptors (Lipinski definition) is 4. The third-order valence-corrected chi connectivity index (χ3v) is 5.45. The van der Waals surface area contributed by atoms with Crippen molar-refractivity contribution in [3.05, 3.63) is 64.2 Å². The Morgan fingerprint density at radius 3 is 2.14 bits per heavy atom. The van der Waals surface area contributed by atoms with Crippen LogP contribution in [0.3, 0.4) is 0 Å². The quantitative estimate of drug-likeness (QED) is 0.456. The van der Waals surface area contributed by atoms with Crippen molar-refractivity contribution in [2.24, 2.45) is 0 Å². The summed E-state index contributed by atoms with van der Waals surface area (Å²) in [6.45, 7) is 14.2. The van der Waals surface area contributed by atoms with Gasteiger partial charge in [0.25, 0.3) is 11.8 Å². The molecular formula is C28H35N3O4. The Bertz CT molecular complexity index is 1140. The van der Waals surface area contributed by atoms with E-state index in [-0.39, 0.29) is 0 Å². The van der Waals surface area contributed by atoms with Crippen LogP contribution >= 0.6 is 0 Å². The number of nitrogens with one attached hydrogen (secondary N) is 2. The molecular weight excluding hydrogens is 442 g/mol. The molecule has 35 heavy (non-hydrogen) atoms. The van der Waals surface area contributed by atoms with Gasteiger partial charge in [-0.2, -0.15) is 0 Å². The van der Waals surface area contributed by atoms with E-state index >= 15 is 0 Å². The number of amides is 3. The van der Waals surface area contributed by atoms with Crippen LogP contribution in [0.1, 0.15) is 61.6 Å². The largest absolute Gasteiger partial charge is 0.444 e. The lowest BCUT2D eigenvalue weighted by molar-refractivity contribution is -0.136. The molecule has 0 aliphatic carbocycles. The highest BCUT2D eigenvalue weighted by Gasteiger charge is 2.35. The number of nitrogens with zero attached hydrogens (tertiary/aromatic N) is 1. The van der Waals surface area contributed by atoms with Crippen molar-refractivity contribution in [3.63, 3.8) is 0 Å². The Morgan fingerprint density at radius 1 is 1.00 bits per heavy atom. The van der Waals surface area contributed by atoms with Gasteiger partial charge in [-0.05, 0) is 77.6 Å². The first-order chi connectivity index (χ1) is 16.2. The fourth-order valence-corrected chi connectivity index (χ4v) is 3.68. The minimum Gasteiger partial charge on any atom is -0.444 e. The van der Waals surface area contributed by atoms with E-state index in [1.165, 1.54) is 6.92 Å². The lowest BCUT2D eigenvalue weighted by Gasteiger charge is -2.30. The van der Waals surface area contributed by atoms with Gasteiger partial charge in [0, 0.05) is 11.7 Å². The van der Waals surface area contributed by atoms with Gasteiger partial charge in [0.2, 0.25) is 0 Å². The molecule has 2 rings (SSSR count). The summed E-state index contributed by atoms with van der Waals surface area (Å²) in [5.41, 5.74) is 4.03. The summed E-state index contributed by atoms with van der Waals surface area (Å²) in [6, 6.07) is 11.6. The van der Waals surface area contributed by atoms with Crippen LogP contribution in [0.15, 0.2) is 36.4 Å². The predicted molar refractivity (Wildman–Crippen MR) is 138 cm³/mol. The van der Waals surface area contributed by atoms with Crippen LogP contribution in [-0.4, -0.2) is 34.5 Å². The van der Waals surface area contributed by atoms with Gasteiger partial charge in [0.15, 0.2) is 0 Å². The van der Waals surface area contributed by atoms with Crippen LogP contribution in [-0.2, 0) is 14.3 Å². The maximum Gasteiger partial charge on any atom is 0.408 e. The minimum atomic E-state index is -1.12. The first kappa shape index (κ1) is 27.5. The monoisotopic (exact) mass is 477 g/mol. The fraction of sp³-hybridized carbons (Fsp3) is 0.393. The molecule has 2 N–H and O–H groups in total. The summed E-state index contributed by atoms with van der Waals surface area (Å²) in [6.07, 6.45) is 5.04. The van der Waals surface area contributed by atoms with Crippen molar-refractivity contribution in [1.29, 1.82) is 0 Å². The zero-order chi connectivity index (χ0) is 26.5. The molecule has 2 aromatic rings. The maximum atomic E-state index is 13.7. The summed E-state index contributed by atoms with van der Waals surface area (Å²) in [7, 11) is 0. The van der Waals surface area contributed by atoms with Gasteiger partial charge >= 0.3 is 6.09 Å². The number of carbonyl (C=O) groups is 3. The number of terminal acetylenes is 1. The number of aryl methyl sites for hydroxylation is 4. The molecule has 0 aliphatic heterocycles. The van der Waals surface area contributed by atoms with Crippen molar-refractivity contribution in [3.8, 4) is 12.5 Å². The third-order valence-electron chi connectivity index (χ3n) is 5.45. The first-order valence-electron chi connectivity index (χ1n) is 11.5. The second-order valence-corrected chi connectivity index (χ2v) is 9.72. The Morgan fingerprint density at radius 2 is 1.60 bits per heavy atom. The number of hydrogen-bond donors (Lipinski definition) is 2. The van der Waals surface area contributed by atoms with E-state index in [0.29, 0.717) is 11.3 Å². The topological polar surface area (TPSA) is 87.7 Å². The van der Waals surface area contributed by atoms with E-state index in [4.69, 9.17) is 11.2 Å². The predicted octanol–water partition coefficient (Wildman–Crippen LogP) is 4.93. The summed E-state index contributed by atoms with van der Waals surface area (Å²) < 4.78 is 5.25. The molecule has 186 valence electrons. The Balaban J connectivity index is 2.47. The molecule has 0 heterocycles. The fourth-order valence-electron chi connectivity index (χ4n) is 3.68. The Hall–Kier alpha value is -3.79. The van der Waals surface area contributed by atoms with E-state index in [1.54, 1.807) is 20.8 Å². The van der Waals surface area contributed by atoms with Crippen LogP contribution in [0.25, 0.3) is 0 Å². The highest BCUT2D eigenvalue weighted by molar-refractivity contribution is 6.00. The minimum absolute atomic E-state index is 0.452. The summed E-state index contributed by atoms with van der Waals surface area (Å²) in [5, 5.41) is 5.47. The smallest absolute Gasteiger partial charge is 0.408 e. The van der Waals surface area contributed by atoms with Crippen LogP contribution in [0.4, 0.5) is 10.5 Å². The number of anilines is 1. The zero-order valence-electron chi connectivity index (χ0n) is 21.8. The molecule has 0 saturated carbocycles. The highest BCUT2D eigenvalue weighted by Crippen LogP contribution is 2.29. The zero-order valence-corrected chi connectivity index (χ0v) is 21.8. The molecule has 3 amide bonds. The molecule has 0 bridgehead atoms. The summed E-state index contributed by atoms with van der Waals surface area (Å²) >= 11 is 0. The van der Waals surface area contributed by atoms with Gasteiger partial charge in [-0.25, -0.2) is 4.79 Å². The molecule has 0 fully saturated rings. The normalized spacial score (nSPS) is 12.7. The molecule has 0 saturated heterocycles. The van der Waals surface area contributed by atoms with E-state index in [1.807, 2.05) is 64.1 Å². The molecule has 0 spiro atoms. The van der Waals surface area contributed by atoms with Gasteiger partial charge in [-0.1, -0.05) is 48.4 Å². The molecule has 7 nitrogen and oxygen atoms in total. The number of alkyl carbamates (subject to hydrolysis) is 1. The van der Waals surface area contributed by atoms with Crippen molar-refractivity contribution in [1.82, 2.24) is 10.2 Å². The van der Waals surface area contributed by atoms with E-state index in [9.17, 15) is 14.4 Å². The van der Waals surface area contributed by atoms with Crippen molar-refractivity contribution in [2.75, 3.05) is 5.32 Å². The Labute approximate surface area is 208 Å². The average Bonchev–Trinajstić information content (AvgIpc) is 2.74. The second kappa shape index (κ2) is 11.1. The van der Waals surface area contributed by atoms with Gasteiger partial charge in [-0.3, -0.25) is 14.5 Å². The first-order valence-corrected chi connectivity index (χ1v) is 11.5. The third kappa shape index (κ3) is 7.10. The van der Waals surface area contributed by atoms with Crippen LogP contribution < -0.4 is 10.6 Å². The van der Waals surface area contributed by atoms with Gasteiger partial charge < -0.3 is 15.4 Å². The lowest BCUT2D eigenvalue weighted by atomic mass is 9.96. The van der Waals surface area contributed by atoms with E-state index < -0.39 is 35.6 Å². The van der Waals surface area contributed by atoms with Crippen molar-refractivity contribution < 1.29 is 19.1 Å². The molecule has 2 aromatic carbocycles. The Kier molecular flexibility index (Phi) is 8.70. The van der Waals surface area contributed by atoms with E-state index in [2.05, 4.69) is 16.7 Å². The number of ether oxygens (including phenoxy) is 1. The van der Waals surface area contributed by atoms with E-state index in [0.717, 1.165) is 27.2 Å². The average molecular weight is 478 g/mol. The molecule has 0 aliphatic rings. The number of benzene rings is 2. The summed E-state index contributed by atoms with van der Waals surface area (Å²) in [5.74, 6) is -1.06. The highest BCUT2D eigenvalue weighted by atomic mass is 16.6. The molecule has 0 aromatic heterocycles. The van der Waals surface area contributed by atoms with Crippen molar-refractivity contribution >= 4 is 23.6 Å². The number of rotatable bonds is 6. The standard InChI is InChI=1S/C28H35N3O4/c1-10-31(26(33)21(6)29-27(34)35-28(7,8)9)24(22-16-17(2)14-15-18(22)3)25(32)30-23-19(4)12-11-13-20(23)5/h1,11-16,21,24H,2-9H3,(H,29,34)(H,30,32). The van der Waals surface area contributed by atoms with Crippen LogP contribution in [0.2, 0.25) is 0 Å². The molecule has 2 atom stereocenters. The molecule has 2 unspecified atom stereocenters. The lowest BCUT2D eigenvalue weighted by Crippen LogP contribution is -2.49. The van der Waals surface area contributed by atoms with Gasteiger partial charge in [-0.15, -0.1) is 0 Å². The molecule has 7 heteroatoms. The molecule has 0 radical (unpaired) electrons. The van der Waals surface area contributed by atoms with Crippen LogP contribution in [0.5, 0.6) is 0 Å². The van der Waals surface area contributed by atoms with Gasteiger partial charge in [0.05, 0.1) is 0 Å². The second-order valence-electron chi connectivity index (χ2n) is 9.72.